The second kappa shape index (κ2) is 11.3. The molecule has 1 unspecified atom stereocenters. The van der Waals surface area contributed by atoms with Gasteiger partial charge in [-0.05, 0) is 25.0 Å². The zero-order chi connectivity index (χ0) is 17.4. The second-order valence-corrected chi connectivity index (χ2v) is 6.81. The van der Waals surface area contributed by atoms with E-state index in [-0.39, 0.29) is 30.1 Å². The number of aliphatic imine (C=N–C) groups is 1. The highest BCUT2D eigenvalue weighted by Crippen LogP contribution is 2.17. The fourth-order valence-electron chi connectivity index (χ4n) is 2.06. The van der Waals surface area contributed by atoms with E-state index in [1.54, 1.807) is 18.4 Å². The van der Waals surface area contributed by atoms with Gasteiger partial charge in [-0.25, -0.2) is 4.98 Å². The molecular formula is C18H27IN4OS. The van der Waals surface area contributed by atoms with Gasteiger partial charge in [0.05, 0.1) is 18.8 Å². The number of halogens is 1. The third-order valence-corrected chi connectivity index (χ3v) is 4.30. The normalized spacial score (nSPS) is 12.4. The van der Waals surface area contributed by atoms with Crippen LogP contribution in [0.25, 0.3) is 0 Å². The first kappa shape index (κ1) is 21.7. The number of nitrogens with one attached hydrogen (secondary N) is 2. The summed E-state index contributed by atoms with van der Waals surface area (Å²) in [6, 6.07) is 9.83. The Bertz CT molecular complexity index is 646. The van der Waals surface area contributed by atoms with Crippen molar-refractivity contribution in [2.45, 2.75) is 39.3 Å². The van der Waals surface area contributed by atoms with E-state index in [1.165, 1.54) is 0 Å². The molecule has 0 aliphatic heterocycles. The molecule has 2 aromatic rings. The van der Waals surface area contributed by atoms with Gasteiger partial charge in [0, 0.05) is 12.4 Å². The maximum absolute atomic E-state index is 5.85. The van der Waals surface area contributed by atoms with E-state index < -0.39 is 0 Å². The van der Waals surface area contributed by atoms with Crippen LogP contribution in [-0.2, 0) is 6.54 Å². The number of ether oxygens (including phenoxy) is 1. The molecule has 25 heavy (non-hydrogen) atoms. The second-order valence-electron chi connectivity index (χ2n) is 5.87. The molecule has 1 atom stereocenters. The molecule has 0 radical (unpaired) electrons. The largest absolute Gasteiger partial charge is 0.489 e. The van der Waals surface area contributed by atoms with E-state index in [9.17, 15) is 0 Å². The van der Waals surface area contributed by atoms with Gasteiger partial charge in [0.2, 0.25) is 0 Å². The van der Waals surface area contributed by atoms with Crippen molar-refractivity contribution in [1.82, 2.24) is 15.6 Å². The standard InChI is InChI=1S/C18H26N4OS.HI/c1-13(2)16-12-24-17(22-16)11-21-18(19-4)20-10-14(3)23-15-8-6-5-7-9-15;/h5-9,12-14H,10-11H2,1-4H3,(H2,19,20,21);1H. The van der Waals surface area contributed by atoms with E-state index >= 15 is 0 Å². The quantitative estimate of drug-likeness (QED) is 0.362. The van der Waals surface area contributed by atoms with E-state index in [4.69, 9.17) is 4.74 Å². The van der Waals surface area contributed by atoms with Crippen molar-refractivity contribution in [3.8, 4) is 5.75 Å². The molecule has 0 saturated carbocycles. The van der Waals surface area contributed by atoms with Crippen LogP contribution in [0.3, 0.4) is 0 Å². The summed E-state index contributed by atoms with van der Waals surface area (Å²) < 4.78 is 5.85. The van der Waals surface area contributed by atoms with Crippen LogP contribution in [0, 0.1) is 0 Å². The molecule has 0 fully saturated rings. The van der Waals surface area contributed by atoms with Gasteiger partial charge in [0.15, 0.2) is 5.96 Å². The SMILES string of the molecule is CN=C(NCc1nc(C(C)C)cs1)NCC(C)Oc1ccccc1.I. The van der Waals surface area contributed by atoms with Gasteiger partial charge in [0.25, 0.3) is 0 Å². The zero-order valence-electron chi connectivity index (χ0n) is 15.2. The predicted octanol–water partition coefficient (Wildman–Crippen LogP) is 4.02. The number of benzene rings is 1. The molecule has 1 aromatic heterocycles. The Hall–Kier alpha value is -1.35. The Morgan fingerprint density at radius 1 is 1.20 bits per heavy atom. The van der Waals surface area contributed by atoms with Gasteiger partial charge in [0.1, 0.15) is 16.9 Å². The molecule has 0 saturated heterocycles. The van der Waals surface area contributed by atoms with Crippen LogP contribution < -0.4 is 15.4 Å². The van der Waals surface area contributed by atoms with Crippen molar-refractivity contribution >= 4 is 41.3 Å². The lowest BCUT2D eigenvalue weighted by Crippen LogP contribution is -2.41. The third kappa shape index (κ3) is 7.60. The minimum atomic E-state index is 0. The predicted molar refractivity (Wildman–Crippen MR) is 116 cm³/mol. The van der Waals surface area contributed by atoms with Gasteiger partial charge in [-0.15, -0.1) is 35.3 Å². The average Bonchev–Trinajstić information content (AvgIpc) is 3.05. The summed E-state index contributed by atoms with van der Waals surface area (Å²) in [4.78, 5) is 8.86. The Morgan fingerprint density at radius 2 is 1.92 bits per heavy atom. The number of hydrogen-bond acceptors (Lipinski definition) is 4. The summed E-state index contributed by atoms with van der Waals surface area (Å²) in [7, 11) is 1.76. The number of rotatable bonds is 7. The summed E-state index contributed by atoms with van der Waals surface area (Å²) in [5.74, 6) is 2.09. The van der Waals surface area contributed by atoms with Crippen molar-refractivity contribution in [2.24, 2.45) is 4.99 Å². The number of thiazole rings is 1. The fraction of sp³-hybridized carbons (Fsp3) is 0.444. The highest BCUT2D eigenvalue weighted by atomic mass is 127. The number of para-hydroxylation sites is 1. The van der Waals surface area contributed by atoms with Crippen molar-refractivity contribution in [2.75, 3.05) is 13.6 Å². The van der Waals surface area contributed by atoms with Gasteiger partial charge in [-0.3, -0.25) is 4.99 Å². The Morgan fingerprint density at radius 3 is 2.52 bits per heavy atom. The number of nitrogens with zero attached hydrogens (tertiary/aromatic N) is 2. The summed E-state index contributed by atoms with van der Waals surface area (Å²) in [5, 5.41) is 9.75. The monoisotopic (exact) mass is 474 g/mol. The van der Waals surface area contributed by atoms with E-state index in [2.05, 4.69) is 39.8 Å². The average molecular weight is 474 g/mol. The topological polar surface area (TPSA) is 58.5 Å². The number of hydrogen-bond donors (Lipinski definition) is 2. The molecule has 2 N–H and O–H groups in total. The lowest BCUT2D eigenvalue weighted by molar-refractivity contribution is 0.224. The molecule has 0 bridgehead atoms. The van der Waals surface area contributed by atoms with Crippen LogP contribution >= 0.6 is 35.3 Å². The van der Waals surface area contributed by atoms with Gasteiger partial charge >= 0.3 is 0 Å². The van der Waals surface area contributed by atoms with Crippen LogP contribution in [0.15, 0.2) is 40.7 Å². The Kier molecular flexibility index (Phi) is 9.81. The molecule has 0 aliphatic carbocycles. The van der Waals surface area contributed by atoms with Crippen LogP contribution in [-0.4, -0.2) is 30.6 Å². The lowest BCUT2D eigenvalue weighted by atomic mass is 10.2. The Labute approximate surface area is 171 Å². The number of guanidine groups is 1. The van der Waals surface area contributed by atoms with Crippen LogP contribution in [0.5, 0.6) is 5.75 Å². The fourth-order valence-corrected chi connectivity index (χ4v) is 2.96. The summed E-state index contributed by atoms with van der Waals surface area (Å²) in [5.41, 5.74) is 1.14. The molecule has 0 amide bonds. The molecular weight excluding hydrogens is 447 g/mol. The summed E-state index contributed by atoms with van der Waals surface area (Å²) >= 11 is 1.68. The highest BCUT2D eigenvalue weighted by molar-refractivity contribution is 14.0. The summed E-state index contributed by atoms with van der Waals surface area (Å²) in [6.07, 6.45) is 0.0401. The molecule has 138 valence electrons. The van der Waals surface area contributed by atoms with Crippen LogP contribution in [0.1, 0.15) is 37.4 Å². The first-order chi connectivity index (χ1) is 11.6. The molecule has 5 nitrogen and oxygen atoms in total. The smallest absolute Gasteiger partial charge is 0.191 e. The molecule has 1 heterocycles. The van der Waals surface area contributed by atoms with Gasteiger partial charge in [-0.2, -0.15) is 0 Å². The zero-order valence-corrected chi connectivity index (χ0v) is 18.3. The Balaban J connectivity index is 0.00000312. The summed E-state index contributed by atoms with van der Waals surface area (Å²) in [6.45, 7) is 7.68. The number of aromatic nitrogens is 1. The van der Waals surface area contributed by atoms with Crippen molar-refractivity contribution in [3.63, 3.8) is 0 Å². The molecule has 2 rings (SSSR count). The van der Waals surface area contributed by atoms with Gasteiger partial charge < -0.3 is 15.4 Å². The van der Waals surface area contributed by atoms with Crippen molar-refractivity contribution < 1.29 is 4.74 Å². The van der Waals surface area contributed by atoms with E-state index in [0.717, 1.165) is 22.4 Å². The van der Waals surface area contributed by atoms with E-state index in [0.29, 0.717) is 19.0 Å². The molecule has 0 aliphatic rings. The van der Waals surface area contributed by atoms with Crippen LogP contribution in [0.2, 0.25) is 0 Å². The highest BCUT2D eigenvalue weighted by Gasteiger charge is 2.08. The van der Waals surface area contributed by atoms with Crippen molar-refractivity contribution in [3.05, 3.63) is 46.4 Å². The molecule has 1 aromatic carbocycles. The first-order valence-electron chi connectivity index (χ1n) is 8.19. The van der Waals surface area contributed by atoms with Crippen LogP contribution in [0.4, 0.5) is 0 Å². The minimum Gasteiger partial charge on any atom is -0.489 e. The third-order valence-electron chi connectivity index (χ3n) is 3.43. The first-order valence-corrected chi connectivity index (χ1v) is 9.07. The van der Waals surface area contributed by atoms with Crippen molar-refractivity contribution in [1.29, 1.82) is 0 Å². The van der Waals surface area contributed by atoms with Gasteiger partial charge in [-0.1, -0.05) is 32.0 Å². The molecule has 7 heteroatoms. The van der Waals surface area contributed by atoms with E-state index in [1.807, 2.05) is 37.3 Å². The maximum atomic E-state index is 5.85. The minimum absolute atomic E-state index is 0. The lowest BCUT2D eigenvalue weighted by Gasteiger charge is -2.17. The maximum Gasteiger partial charge on any atom is 0.191 e. The molecule has 0 spiro atoms.